The Morgan fingerprint density at radius 2 is 2.12 bits per heavy atom. The standard InChI is InChI=1S/C19H22N2O4/c1-13-2-4-17(25-13)19(22)21-10-11-23-16-5-3-15(21)18(16)24-12-14-6-8-20-9-7-14/h2,4,6-9,15-16,18H,3,5,10-12H2,1H3/t15-,16-,18+/m0/s1. The minimum atomic E-state index is -0.115. The first-order valence-corrected chi connectivity index (χ1v) is 8.72. The topological polar surface area (TPSA) is 64.8 Å². The average molecular weight is 342 g/mol. The largest absolute Gasteiger partial charge is 0.456 e. The molecule has 25 heavy (non-hydrogen) atoms. The molecule has 0 radical (unpaired) electrons. The van der Waals surface area contributed by atoms with E-state index in [1.807, 2.05) is 30.0 Å². The van der Waals surface area contributed by atoms with Crippen LogP contribution < -0.4 is 0 Å². The third kappa shape index (κ3) is 3.32. The van der Waals surface area contributed by atoms with E-state index in [1.54, 1.807) is 18.5 Å². The summed E-state index contributed by atoms with van der Waals surface area (Å²) in [5.74, 6) is 1.04. The van der Waals surface area contributed by atoms with Gasteiger partial charge in [-0.25, -0.2) is 0 Å². The van der Waals surface area contributed by atoms with Crippen molar-refractivity contribution in [2.75, 3.05) is 13.2 Å². The molecule has 2 aromatic rings. The molecule has 1 amide bonds. The van der Waals surface area contributed by atoms with E-state index in [2.05, 4.69) is 4.98 Å². The van der Waals surface area contributed by atoms with Crippen LogP contribution >= 0.6 is 0 Å². The molecule has 2 aromatic heterocycles. The van der Waals surface area contributed by atoms with E-state index in [9.17, 15) is 4.79 Å². The molecule has 0 unspecified atom stereocenters. The summed E-state index contributed by atoms with van der Waals surface area (Å²) in [6, 6.07) is 7.45. The van der Waals surface area contributed by atoms with Crippen molar-refractivity contribution < 1.29 is 18.7 Å². The van der Waals surface area contributed by atoms with E-state index in [0.29, 0.717) is 25.5 Å². The highest BCUT2D eigenvalue weighted by Gasteiger charge is 2.45. The number of carbonyl (C=O) groups excluding carboxylic acids is 1. The maximum atomic E-state index is 12.9. The molecule has 1 aliphatic heterocycles. The number of hydrogen-bond donors (Lipinski definition) is 0. The molecular weight excluding hydrogens is 320 g/mol. The number of fused-ring (bicyclic) bond motifs is 2. The van der Waals surface area contributed by atoms with Gasteiger partial charge in [-0.2, -0.15) is 0 Å². The number of furan rings is 1. The predicted octanol–water partition coefficient (Wildman–Crippen LogP) is 2.57. The van der Waals surface area contributed by atoms with Crippen molar-refractivity contribution in [3.8, 4) is 0 Å². The summed E-state index contributed by atoms with van der Waals surface area (Å²) in [6.07, 6.45) is 5.24. The number of nitrogens with zero attached hydrogens (tertiary/aromatic N) is 2. The maximum absolute atomic E-state index is 12.9. The third-order valence-corrected chi connectivity index (χ3v) is 4.96. The lowest BCUT2D eigenvalue weighted by molar-refractivity contribution is -0.0598. The van der Waals surface area contributed by atoms with Crippen LogP contribution in [0.25, 0.3) is 0 Å². The third-order valence-electron chi connectivity index (χ3n) is 4.96. The van der Waals surface area contributed by atoms with E-state index in [0.717, 1.165) is 24.2 Å². The summed E-state index contributed by atoms with van der Waals surface area (Å²) in [5, 5.41) is 0. The van der Waals surface area contributed by atoms with E-state index in [1.165, 1.54) is 0 Å². The number of carbonyl (C=O) groups is 1. The lowest BCUT2D eigenvalue weighted by Gasteiger charge is -2.30. The highest BCUT2D eigenvalue weighted by molar-refractivity contribution is 5.91. The van der Waals surface area contributed by atoms with Crippen LogP contribution in [0.15, 0.2) is 41.1 Å². The van der Waals surface area contributed by atoms with Crippen LogP contribution in [-0.4, -0.2) is 47.2 Å². The summed E-state index contributed by atoms with van der Waals surface area (Å²) in [5.41, 5.74) is 1.07. The fraction of sp³-hybridized carbons (Fsp3) is 0.474. The Kier molecular flexibility index (Phi) is 4.55. The number of rotatable bonds is 4. The fourth-order valence-corrected chi connectivity index (χ4v) is 3.72. The van der Waals surface area contributed by atoms with Crippen LogP contribution in [0.3, 0.4) is 0 Å². The number of amides is 1. The Balaban J connectivity index is 1.50. The van der Waals surface area contributed by atoms with Gasteiger partial charge in [0, 0.05) is 18.9 Å². The lowest BCUT2D eigenvalue weighted by Crippen LogP contribution is -2.46. The summed E-state index contributed by atoms with van der Waals surface area (Å²) >= 11 is 0. The van der Waals surface area contributed by atoms with Crippen molar-refractivity contribution >= 4 is 5.91 Å². The number of hydrogen-bond acceptors (Lipinski definition) is 5. The van der Waals surface area contributed by atoms with Gasteiger partial charge in [0.15, 0.2) is 5.76 Å². The predicted molar refractivity (Wildman–Crippen MR) is 90.1 cm³/mol. The van der Waals surface area contributed by atoms with Crippen LogP contribution in [0.2, 0.25) is 0 Å². The van der Waals surface area contributed by atoms with Gasteiger partial charge in [-0.3, -0.25) is 9.78 Å². The molecule has 3 heterocycles. The molecule has 2 fully saturated rings. The van der Waals surface area contributed by atoms with Crippen molar-refractivity contribution in [3.63, 3.8) is 0 Å². The Labute approximate surface area is 146 Å². The molecule has 0 N–H and O–H groups in total. The summed E-state index contributed by atoms with van der Waals surface area (Å²) < 4.78 is 17.7. The van der Waals surface area contributed by atoms with Gasteiger partial charge < -0.3 is 18.8 Å². The van der Waals surface area contributed by atoms with Gasteiger partial charge in [0.1, 0.15) is 11.9 Å². The van der Waals surface area contributed by atoms with E-state index < -0.39 is 0 Å². The molecule has 0 aromatic carbocycles. The molecule has 2 bridgehead atoms. The zero-order valence-corrected chi connectivity index (χ0v) is 14.3. The molecule has 0 spiro atoms. The first kappa shape index (κ1) is 16.3. The normalized spacial score (nSPS) is 25.8. The number of aromatic nitrogens is 1. The molecule has 4 rings (SSSR count). The molecular formula is C19H22N2O4. The van der Waals surface area contributed by atoms with Crippen LogP contribution in [-0.2, 0) is 16.1 Å². The van der Waals surface area contributed by atoms with Gasteiger partial charge in [0.25, 0.3) is 5.91 Å². The second-order valence-corrected chi connectivity index (χ2v) is 6.59. The van der Waals surface area contributed by atoms with Gasteiger partial charge in [0.2, 0.25) is 0 Å². The number of aryl methyl sites for hydroxylation is 1. The molecule has 1 aliphatic carbocycles. The summed E-state index contributed by atoms with van der Waals surface area (Å²) in [7, 11) is 0. The van der Waals surface area contributed by atoms with Gasteiger partial charge in [-0.1, -0.05) is 0 Å². The molecule has 132 valence electrons. The molecule has 6 nitrogen and oxygen atoms in total. The van der Waals surface area contributed by atoms with Crippen LogP contribution in [0, 0.1) is 6.92 Å². The average Bonchev–Trinajstić information content (AvgIpc) is 3.17. The number of ether oxygens (including phenoxy) is 2. The van der Waals surface area contributed by atoms with Gasteiger partial charge >= 0.3 is 0 Å². The van der Waals surface area contributed by atoms with Crippen LogP contribution in [0.5, 0.6) is 0 Å². The minimum absolute atomic E-state index is 0.0206. The van der Waals surface area contributed by atoms with Gasteiger partial charge in [0.05, 0.1) is 25.4 Å². The van der Waals surface area contributed by atoms with Gasteiger partial charge in [-0.05, 0) is 49.6 Å². The number of pyridine rings is 1. The smallest absolute Gasteiger partial charge is 0.289 e. The highest BCUT2D eigenvalue weighted by atomic mass is 16.5. The molecule has 2 aliphatic rings. The zero-order valence-electron chi connectivity index (χ0n) is 14.3. The zero-order chi connectivity index (χ0) is 17.2. The molecule has 1 saturated heterocycles. The Hall–Kier alpha value is -2.18. The van der Waals surface area contributed by atoms with Crippen LogP contribution in [0.1, 0.15) is 34.7 Å². The summed E-state index contributed by atoms with van der Waals surface area (Å²) in [4.78, 5) is 18.8. The van der Waals surface area contributed by atoms with Gasteiger partial charge in [-0.15, -0.1) is 0 Å². The first-order chi connectivity index (χ1) is 12.2. The van der Waals surface area contributed by atoms with E-state index >= 15 is 0 Å². The second-order valence-electron chi connectivity index (χ2n) is 6.59. The van der Waals surface area contributed by atoms with E-state index in [4.69, 9.17) is 13.9 Å². The monoisotopic (exact) mass is 342 g/mol. The fourth-order valence-electron chi connectivity index (χ4n) is 3.72. The van der Waals surface area contributed by atoms with E-state index in [-0.39, 0.29) is 24.2 Å². The van der Waals surface area contributed by atoms with Crippen molar-refractivity contribution in [2.45, 2.75) is 44.6 Å². The van der Waals surface area contributed by atoms with Crippen LogP contribution in [0.4, 0.5) is 0 Å². The Morgan fingerprint density at radius 1 is 1.28 bits per heavy atom. The lowest BCUT2D eigenvalue weighted by atomic mass is 10.1. The molecule has 6 heteroatoms. The van der Waals surface area contributed by atoms with Crippen molar-refractivity contribution in [1.82, 2.24) is 9.88 Å². The SMILES string of the molecule is Cc1ccc(C(=O)N2CCO[C@H]3CC[C@H]2[C@H]3OCc2ccncc2)o1. The van der Waals surface area contributed by atoms with Crippen molar-refractivity contribution in [3.05, 3.63) is 53.7 Å². The second kappa shape index (κ2) is 6.98. The van der Waals surface area contributed by atoms with Crippen molar-refractivity contribution in [2.24, 2.45) is 0 Å². The minimum Gasteiger partial charge on any atom is -0.456 e. The quantitative estimate of drug-likeness (QED) is 0.854. The maximum Gasteiger partial charge on any atom is 0.289 e. The first-order valence-electron chi connectivity index (χ1n) is 8.72. The molecule has 3 atom stereocenters. The Bertz CT molecular complexity index is 730. The summed E-state index contributed by atoms with van der Waals surface area (Å²) in [6.45, 7) is 3.43. The molecule has 1 saturated carbocycles. The Morgan fingerprint density at radius 3 is 2.88 bits per heavy atom. The highest BCUT2D eigenvalue weighted by Crippen LogP contribution is 2.33. The van der Waals surface area contributed by atoms with Crippen molar-refractivity contribution in [1.29, 1.82) is 0 Å².